The second-order valence-electron chi connectivity index (χ2n) is 7.19. The maximum Gasteiger partial charge on any atom is 0.353 e. The molecule has 4 rings (SSSR count). The van der Waals surface area contributed by atoms with Crippen LogP contribution in [0, 0.1) is 16.0 Å². The second kappa shape index (κ2) is 8.90. The van der Waals surface area contributed by atoms with Crippen LogP contribution >= 0.6 is 0 Å². The summed E-state index contributed by atoms with van der Waals surface area (Å²) < 4.78 is 5.14. The normalized spacial score (nSPS) is 16.2. The summed E-state index contributed by atoms with van der Waals surface area (Å²) in [5, 5.41) is 15.9. The number of nitro groups is 1. The van der Waals surface area contributed by atoms with E-state index in [0.717, 1.165) is 10.9 Å². The van der Waals surface area contributed by atoms with Crippen LogP contribution in [0.3, 0.4) is 0 Å². The Morgan fingerprint density at radius 3 is 2.97 bits per heavy atom. The highest BCUT2D eigenvalue weighted by Gasteiger charge is 2.33. The van der Waals surface area contributed by atoms with Crippen molar-refractivity contribution in [2.75, 3.05) is 29.9 Å². The number of esters is 1. The van der Waals surface area contributed by atoms with E-state index in [4.69, 9.17) is 4.74 Å². The summed E-state index contributed by atoms with van der Waals surface area (Å²) in [5.41, 5.74) is 1.19. The van der Waals surface area contributed by atoms with Crippen LogP contribution in [-0.2, 0) is 9.53 Å². The minimum Gasteiger partial charge on any atom is -0.466 e. The SMILES string of the molecule is CCOC(=O)C1CCCN(c2ncnc(Nc3cccc4ncccc34)c2[N+](=O)[O-])C1. The summed E-state index contributed by atoms with van der Waals surface area (Å²) >= 11 is 0. The number of aromatic nitrogens is 3. The monoisotopic (exact) mass is 422 g/mol. The molecule has 3 aromatic rings. The van der Waals surface area contributed by atoms with Crippen molar-refractivity contribution in [2.24, 2.45) is 5.92 Å². The molecule has 2 aromatic heterocycles. The molecule has 31 heavy (non-hydrogen) atoms. The quantitative estimate of drug-likeness (QED) is 0.361. The van der Waals surface area contributed by atoms with Gasteiger partial charge in [0.2, 0.25) is 11.6 Å². The van der Waals surface area contributed by atoms with Gasteiger partial charge in [-0.25, -0.2) is 9.97 Å². The van der Waals surface area contributed by atoms with Crippen LogP contribution in [0.1, 0.15) is 19.8 Å². The van der Waals surface area contributed by atoms with Gasteiger partial charge < -0.3 is 15.0 Å². The summed E-state index contributed by atoms with van der Waals surface area (Å²) in [6.45, 7) is 2.94. The summed E-state index contributed by atoms with van der Waals surface area (Å²) in [7, 11) is 0. The van der Waals surface area contributed by atoms with Gasteiger partial charge in [0.05, 0.1) is 23.0 Å². The van der Waals surface area contributed by atoms with Crippen LogP contribution in [0.25, 0.3) is 10.9 Å². The number of rotatable bonds is 6. The maximum atomic E-state index is 12.2. The molecule has 0 radical (unpaired) electrons. The van der Waals surface area contributed by atoms with Crippen LogP contribution in [0.4, 0.5) is 23.0 Å². The molecule has 0 saturated carbocycles. The molecular weight excluding hydrogens is 400 g/mol. The smallest absolute Gasteiger partial charge is 0.353 e. The lowest BCUT2D eigenvalue weighted by Gasteiger charge is -2.32. The van der Waals surface area contributed by atoms with Crippen LogP contribution in [0.15, 0.2) is 42.9 Å². The number of benzene rings is 1. The predicted octanol–water partition coefficient (Wildman–Crippen LogP) is 3.46. The number of carbonyl (C=O) groups excluding carboxylic acids is 1. The van der Waals surface area contributed by atoms with Gasteiger partial charge in [-0.3, -0.25) is 19.9 Å². The van der Waals surface area contributed by atoms with Crippen LogP contribution in [0.2, 0.25) is 0 Å². The van der Waals surface area contributed by atoms with Gasteiger partial charge in [0.15, 0.2) is 0 Å². The fourth-order valence-electron chi connectivity index (χ4n) is 3.82. The van der Waals surface area contributed by atoms with Gasteiger partial charge in [0, 0.05) is 30.4 Å². The van der Waals surface area contributed by atoms with Gasteiger partial charge in [-0.15, -0.1) is 0 Å². The van der Waals surface area contributed by atoms with Gasteiger partial charge in [-0.05, 0) is 44.0 Å². The highest BCUT2D eigenvalue weighted by molar-refractivity contribution is 5.93. The average Bonchev–Trinajstić information content (AvgIpc) is 2.79. The largest absolute Gasteiger partial charge is 0.466 e. The Balaban J connectivity index is 1.69. The summed E-state index contributed by atoms with van der Waals surface area (Å²) in [6, 6.07) is 9.18. The number of anilines is 3. The van der Waals surface area contributed by atoms with E-state index in [0.29, 0.717) is 38.2 Å². The van der Waals surface area contributed by atoms with Crippen molar-refractivity contribution in [1.29, 1.82) is 0 Å². The first-order valence-corrected chi connectivity index (χ1v) is 10.1. The molecule has 10 heteroatoms. The topological polar surface area (TPSA) is 123 Å². The molecule has 1 atom stereocenters. The Bertz CT molecular complexity index is 1120. The van der Waals surface area contributed by atoms with Crippen LogP contribution < -0.4 is 10.2 Å². The van der Waals surface area contributed by atoms with E-state index in [1.54, 1.807) is 24.1 Å². The molecule has 1 aliphatic heterocycles. The Kier molecular flexibility index (Phi) is 5.87. The summed E-state index contributed by atoms with van der Waals surface area (Å²) in [4.78, 5) is 38.1. The van der Waals surface area contributed by atoms with E-state index in [9.17, 15) is 14.9 Å². The van der Waals surface area contributed by atoms with Gasteiger partial charge in [0.25, 0.3) is 0 Å². The molecule has 160 valence electrons. The predicted molar refractivity (Wildman–Crippen MR) is 115 cm³/mol. The zero-order chi connectivity index (χ0) is 21.8. The van der Waals surface area contributed by atoms with Crippen molar-refractivity contribution in [3.8, 4) is 0 Å². The molecule has 1 aliphatic rings. The van der Waals surface area contributed by atoms with Crippen molar-refractivity contribution in [1.82, 2.24) is 15.0 Å². The van der Waals surface area contributed by atoms with Crippen LogP contribution in [0.5, 0.6) is 0 Å². The first kappa shape index (κ1) is 20.5. The average molecular weight is 422 g/mol. The Labute approximate surface area is 178 Å². The van der Waals surface area contributed by atoms with Crippen molar-refractivity contribution < 1.29 is 14.5 Å². The molecule has 1 unspecified atom stereocenters. The molecule has 0 amide bonds. The molecular formula is C21H22N6O4. The minimum atomic E-state index is -0.491. The molecule has 3 heterocycles. The fourth-order valence-corrected chi connectivity index (χ4v) is 3.82. The number of ether oxygens (including phenoxy) is 1. The molecule has 0 bridgehead atoms. The van der Waals surface area contributed by atoms with Crippen LogP contribution in [-0.4, -0.2) is 45.5 Å². The zero-order valence-corrected chi connectivity index (χ0v) is 17.0. The molecule has 1 fully saturated rings. The maximum absolute atomic E-state index is 12.2. The van der Waals surface area contributed by atoms with Crippen molar-refractivity contribution in [2.45, 2.75) is 19.8 Å². The number of piperidine rings is 1. The number of carbonyl (C=O) groups is 1. The summed E-state index contributed by atoms with van der Waals surface area (Å²) in [5.74, 6) is -0.353. The van der Waals surface area contributed by atoms with E-state index >= 15 is 0 Å². The summed E-state index contributed by atoms with van der Waals surface area (Å²) in [6.07, 6.45) is 4.38. The minimum absolute atomic E-state index is 0.0876. The molecule has 0 spiro atoms. The third-order valence-corrected chi connectivity index (χ3v) is 5.23. The van der Waals surface area contributed by atoms with Gasteiger partial charge in [-0.1, -0.05) is 6.07 Å². The highest BCUT2D eigenvalue weighted by Crippen LogP contribution is 2.36. The van der Waals surface area contributed by atoms with E-state index in [-0.39, 0.29) is 29.2 Å². The first-order valence-electron chi connectivity index (χ1n) is 10.1. The number of nitrogens with zero attached hydrogens (tertiary/aromatic N) is 5. The Morgan fingerprint density at radius 2 is 2.16 bits per heavy atom. The van der Waals surface area contributed by atoms with E-state index in [2.05, 4.69) is 20.3 Å². The molecule has 1 aromatic carbocycles. The lowest BCUT2D eigenvalue weighted by Crippen LogP contribution is -2.40. The lowest BCUT2D eigenvalue weighted by atomic mass is 9.98. The third kappa shape index (κ3) is 4.23. The number of nitrogens with one attached hydrogen (secondary N) is 1. The number of hydrogen-bond donors (Lipinski definition) is 1. The fraction of sp³-hybridized carbons (Fsp3) is 0.333. The highest BCUT2D eigenvalue weighted by atomic mass is 16.6. The number of hydrogen-bond acceptors (Lipinski definition) is 9. The Morgan fingerprint density at radius 1 is 1.29 bits per heavy atom. The molecule has 1 N–H and O–H groups in total. The lowest BCUT2D eigenvalue weighted by molar-refractivity contribution is -0.383. The van der Waals surface area contributed by atoms with E-state index < -0.39 is 4.92 Å². The van der Waals surface area contributed by atoms with Gasteiger partial charge in [0.1, 0.15) is 6.33 Å². The van der Waals surface area contributed by atoms with Gasteiger partial charge >= 0.3 is 11.7 Å². The molecule has 10 nitrogen and oxygen atoms in total. The third-order valence-electron chi connectivity index (χ3n) is 5.23. The van der Waals surface area contributed by atoms with Crippen molar-refractivity contribution >= 4 is 39.9 Å². The molecule has 1 saturated heterocycles. The van der Waals surface area contributed by atoms with Crippen molar-refractivity contribution in [3.05, 3.63) is 53.0 Å². The Hall–Kier alpha value is -3.82. The molecule has 0 aliphatic carbocycles. The first-order chi connectivity index (χ1) is 15.1. The van der Waals surface area contributed by atoms with Crippen molar-refractivity contribution in [3.63, 3.8) is 0 Å². The van der Waals surface area contributed by atoms with E-state index in [1.165, 1.54) is 6.33 Å². The van der Waals surface area contributed by atoms with Gasteiger partial charge in [-0.2, -0.15) is 0 Å². The van der Waals surface area contributed by atoms with E-state index in [1.807, 2.05) is 24.3 Å². The standard InChI is InChI=1S/C21H22N6O4/c1-2-31-21(28)14-6-5-11-26(12-14)20-18(27(29)30)19(23-13-24-20)25-17-9-3-8-16-15(17)7-4-10-22-16/h3-4,7-10,13-14H,2,5-6,11-12H2,1H3,(H,23,24,25). The number of fused-ring (bicyclic) bond motifs is 1. The second-order valence-corrected chi connectivity index (χ2v) is 7.19. The number of pyridine rings is 1. The zero-order valence-electron chi connectivity index (χ0n) is 17.0.